The lowest BCUT2D eigenvalue weighted by Crippen LogP contribution is -2.30. The molecule has 3 nitrogen and oxygen atoms in total. The molecule has 0 radical (unpaired) electrons. The maximum absolute atomic E-state index is 10.2. The van der Waals surface area contributed by atoms with E-state index < -0.39 is 0 Å². The number of phenolic OH excluding ortho intramolecular Hbond substituents is 1. The highest BCUT2D eigenvalue weighted by molar-refractivity contribution is 7.55. The third-order valence-electron chi connectivity index (χ3n) is 4.58. The molecule has 1 atom stereocenters. The predicted octanol–water partition coefficient (Wildman–Crippen LogP) is 3.32. The van der Waals surface area contributed by atoms with Gasteiger partial charge in [0.25, 0.3) is 0 Å². The highest BCUT2D eigenvalue weighted by Crippen LogP contribution is 2.25. The quantitative estimate of drug-likeness (QED) is 0.846. The first-order chi connectivity index (χ1) is 11.7. The number of phenols is 1. The Kier molecular flexibility index (Phi) is 5.76. The second kappa shape index (κ2) is 8.00. The van der Waals surface area contributed by atoms with Crippen LogP contribution in [0, 0.1) is 6.92 Å². The summed E-state index contributed by atoms with van der Waals surface area (Å²) in [6.45, 7) is 5.55. The zero-order valence-corrected chi connectivity index (χ0v) is 15.5. The van der Waals surface area contributed by atoms with Crippen molar-refractivity contribution in [3.63, 3.8) is 0 Å². The zero-order chi connectivity index (χ0) is 16.9. The van der Waals surface area contributed by atoms with Gasteiger partial charge in [-0.1, -0.05) is 38.8 Å². The highest BCUT2D eigenvalue weighted by Gasteiger charge is 2.14. The summed E-state index contributed by atoms with van der Waals surface area (Å²) in [4.78, 5) is 2.55. The fourth-order valence-electron chi connectivity index (χ4n) is 3.22. The molecule has 1 unspecified atom stereocenters. The minimum absolute atomic E-state index is 0.346. The maximum Gasteiger partial charge on any atom is 0.123 e. The number of piperidine rings is 1. The van der Waals surface area contributed by atoms with Crippen molar-refractivity contribution in [2.24, 2.45) is 0 Å². The topological polar surface area (TPSA) is 32.7 Å². The fourth-order valence-corrected chi connectivity index (χ4v) is 4.42. The van der Waals surface area contributed by atoms with E-state index in [1.807, 2.05) is 6.07 Å². The number of likely N-dealkylation sites (tertiary alicyclic amines) is 1. The molecule has 4 heteroatoms. The van der Waals surface area contributed by atoms with Crippen molar-refractivity contribution in [3.8, 4) is 11.5 Å². The molecule has 24 heavy (non-hydrogen) atoms. The molecule has 1 aliphatic heterocycles. The molecule has 1 aliphatic rings. The average molecular weight is 343 g/mol. The number of ether oxygens (including phenoxy) is 1. The standard InChI is InChI=1S/C20H26NO2P/c1-15-6-9-19(16(12-15)14-21-10-4-3-5-11-21)24-20-13-17(23-2)7-8-18(20)22/h6-9,12-13,22,24H,3-5,10-11,14H2,1-2H3. The number of hydrogen-bond acceptors (Lipinski definition) is 3. The second-order valence-corrected chi connectivity index (χ2v) is 7.83. The van der Waals surface area contributed by atoms with E-state index in [1.54, 1.807) is 19.2 Å². The Morgan fingerprint density at radius 1 is 1.04 bits per heavy atom. The summed E-state index contributed by atoms with van der Waals surface area (Å²) in [7, 11) is 2.09. The lowest BCUT2D eigenvalue weighted by molar-refractivity contribution is 0.221. The van der Waals surface area contributed by atoms with Gasteiger partial charge in [-0.15, -0.1) is 0 Å². The molecule has 0 spiro atoms. The van der Waals surface area contributed by atoms with Crippen LogP contribution in [0.15, 0.2) is 36.4 Å². The third-order valence-corrected chi connectivity index (χ3v) is 6.00. The van der Waals surface area contributed by atoms with Gasteiger partial charge < -0.3 is 9.84 Å². The molecule has 1 saturated heterocycles. The van der Waals surface area contributed by atoms with Crippen LogP contribution in [-0.4, -0.2) is 30.2 Å². The lowest BCUT2D eigenvalue weighted by atomic mass is 10.1. The van der Waals surface area contributed by atoms with Crippen molar-refractivity contribution >= 4 is 19.2 Å². The van der Waals surface area contributed by atoms with E-state index >= 15 is 0 Å². The van der Waals surface area contributed by atoms with E-state index in [0.717, 1.165) is 17.6 Å². The van der Waals surface area contributed by atoms with Crippen molar-refractivity contribution in [3.05, 3.63) is 47.5 Å². The van der Waals surface area contributed by atoms with Crippen LogP contribution in [0.2, 0.25) is 0 Å². The van der Waals surface area contributed by atoms with Crippen LogP contribution in [-0.2, 0) is 6.54 Å². The van der Waals surface area contributed by atoms with Gasteiger partial charge in [-0.3, -0.25) is 4.90 Å². The van der Waals surface area contributed by atoms with Crippen LogP contribution in [0.3, 0.4) is 0 Å². The van der Waals surface area contributed by atoms with Gasteiger partial charge in [0, 0.05) is 11.8 Å². The Balaban J connectivity index is 1.84. The van der Waals surface area contributed by atoms with Gasteiger partial charge in [-0.05, 0) is 61.9 Å². The van der Waals surface area contributed by atoms with Crippen molar-refractivity contribution in [2.45, 2.75) is 32.7 Å². The Labute approximate surface area is 146 Å². The number of rotatable bonds is 5. The van der Waals surface area contributed by atoms with E-state index in [-0.39, 0.29) is 0 Å². The minimum atomic E-state index is 0.346. The molecule has 0 aromatic heterocycles. The van der Waals surface area contributed by atoms with Gasteiger partial charge in [-0.25, -0.2) is 0 Å². The first-order valence-corrected chi connectivity index (χ1v) is 9.61. The Hall–Kier alpha value is -1.57. The normalized spacial score (nSPS) is 15.9. The molecule has 1 N–H and O–H groups in total. The van der Waals surface area contributed by atoms with E-state index in [0.29, 0.717) is 14.3 Å². The van der Waals surface area contributed by atoms with Gasteiger partial charge in [0.2, 0.25) is 0 Å². The smallest absolute Gasteiger partial charge is 0.123 e. The van der Waals surface area contributed by atoms with Gasteiger partial charge in [0.1, 0.15) is 11.5 Å². The maximum atomic E-state index is 10.2. The van der Waals surface area contributed by atoms with E-state index in [9.17, 15) is 5.11 Å². The molecule has 0 aliphatic carbocycles. The Bertz CT molecular complexity index is 696. The van der Waals surface area contributed by atoms with Gasteiger partial charge in [0.15, 0.2) is 0 Å². The molecule has 0 amide bonds. The summed E-state index contributed by atoms with van der Waals surface area (Å²) < 4.78 is 5.30. The second-order valence-electron chi connectivity index (χ2n) is 6.51. The first kappa shape index (κ1) is 17.3. The van der Waals surface area contributed by atoms with Crippen LogP contribution < -0.4 is 15.3 Å². The SMILES string of the molecule is COc1ccc(O)c(Pc2ccc(C)cc2CN2CCCCC2)c1. The molecule has 2 aromatic carbocycles. The van der Waals surface area contributed by atoms with E-state index in [4.69, 9.17) is 4.74 Å². The molecule has 0 bridgehead atoms. The zero-order valence-electron chi connectivity index (χ0n) is 14.5. The van der Waals surface area contributed by atoms with E-state index in [1.165, 1.54) is 48.8 Å². The molecule has 3 rings (SSSR count). The Morgan fingerprint density at radius 2 is 1.83 bits per heavy atom. The summed E-state index contributed by atoms with van der Waals surface area (Å²) in [6, 6.07) is 12.1. The molecular weight excluding hydrogens is 317 g/mol. The molecular formula is C20H26NO2P. The molecule has 2 aromatic rings. The molecule has 1 fully saturated rings. The van der Waals surface area contributed by atoms with Crippen molar-refractivity contribution in [1.82, 2.24) is 4.90 Å². The largest absolute Gasteiger partial charge is 0.507 e. The number of hydrogen-bond donors (Lipinski definition) is 1. The third kappa shape index (κ3) is 4.28. The minimum Gasteiger partial charge on any atom is -0.507 e. The molecule has 0 saturated carbocycles. The molecule has 1 heterocycles. The first-order valence-electron chi connectivity index (χ1n) is 8.61. The van der Waals surface area contributed by atoms with Crippen molar-refractivity contribution in [1.29, 1.82) is 0 Å². The van der Waals surface area contributed by atoms with E-state index in [2.05, 4.69) is 30.0 Å². The highest BCUT2D eigenvalue weighted by atomic mass is 31.1. The number of aromatic hydroxyl groups is 1. The number of nitrogens with zero attached hydrogens (tertiary/aromatic N) is 1. The molecule has 128 valence electrons. The summed E-state index contributed by atoms with van der Waals surface area (Å²) in [5.41, 5.74) is 2.68. The van der Waals surface area contributed by atoms with Gasteiger partial charge in [-0.2, -0.15) is 0 Å². The number of aryl methyl sites for hydroxylation is 1. The Morgan fingerprint density at radius 3 is 2.58 bits per heavy atom. The summed E-state index contributed by atoms with van der Waals surface area (Å²) in [5.74, 6) is 1.14. The summed E-state index contributed by atoms with van der Waals surface area (Å²) in [6.07, 6.45) is 3.97. The average Bonchev–Trinajstić information content (AvgIpc) is 2.60. The van der Waals surface area contributed by atoms with Crippen LogP contribution in [0.1, 0.15) is 30.4 Å². The summed E-state index contributed by atoms with van der Waals surface area (Å²) >= 11 is 0. The van der Waals surface area contributed by atoms with Crippen molar-refractivity contribution < 1.29 is 9.84 Å². The monoisotopic (exact) mass is 343 g/mol. The van der Waals surface area contributed by atoms with Gasteiger partial charge >= 0.3 is 0 Å². The number of benzene rings is 2. The van der Waals surface area contributed by atoms with Crippen LogP contribution >= 0.6 is 8.58 Å². The lowest BCUT2D eigenvalue weighted by Gasteiger charge is -2.27. The van der Waals surface area contributed by atoms with Crippen LogP contribution in [0.4, 0.5) is 0 Å². The van der Waals surface area contributed by atoms with Gasteiger partial charge in [0.05, 0.1) is 7.11 Å². The number of methoxy groups -OCH3 is 1. The predicted molar refractivity (Wildman–Crippen MR) is 103 cm³/mol. The van der Waals surface area contributed by atoms with Crippen molar-refractivity contribution in [2.75, 3.05) is 20.2 Å². The fraction of sp³-hybridized carbons (Fsp3) is 0.400. The van der Waals surface area contributed by atoms with Crippen LogP contribution in [0.5, 0.6) is 11.5 Å². The van der Waals surface area contributed by atoms with Crippen LogP contribution in [0.25, 0.3) is 0 Å². The summed E-state index contributed by atoms with van der Waals surface area (Å²) in [5, 5.41) is 12.5.